The van der Waals surface area contributed by atoms with Crippen LogP contribution in [0.2, 0.25) is 0 Å². The Kier molecular flexibility index (Phi) is 3.06. The van der Waals surface area contributed by atoms with Crippen LogP contribution >= 0.6 is 11.3 Å². The topological polar surface area (TPSA) is 12.0 Å². The number of hydrogen-bond acceptors (Lipinski definition) is 2. The van der Waals surface area contributed by atoms with Crippen molar-refractivity contribution in [3.05, 3.63) is 52.2 Å². The van der Waals surface area contributed by atoms with Crippen LogP contribution in [0, 0.1) is 11.8 Å². The molecule has 0 aliphatic heterocycles. The van der Waals surface area contributed by atoms with Crippen molar-refractivity contribution in [1.82, 2.24) is 0 Å². The molecule has 0 aliphatic carbocycles. The van der Waals surface area contributed by atoms with Gasteiger partial charge in [0.1, 0.15) is 0 Å². The Labute approximate surface area is 93.8 Å². The first kappa shape index (κ1) is 9.82. The molecule has 0 saturated carbocycles. The zero-order valence-electron chi connectivity index (χ0n) is 8.45. The molecule has 0 amide bonds. The lowest BCUT2D eigenvalue weighted by Gasteiger charge is -2.01. The third kappa shape index (κ3) is 2.39. The van der Waals surface area contributed by atoms with Crippen LogP contribution in [0.25, 0.3) is 0 Å². The standard InChI is InChI=1S/C13H11NS/c1-14-13-7-3-2-5-11(13)8-9-12-6-4-10-15-12/h2-7,10,14H,1H3. The molecule has 2 rings (SSSR count). The fraction of sp³-hybridized carbons (Fsp3) is 0.0769. The monoisotopic (exact) mass is 213 g/mol. The summed E-state index contributed by atoms with van der Waals surface area (Å²) in [5, 5.41) is 5.16. The molecular weight excluding hydrogens is 202 g/mol. The molecule has 1 heterocycles. The molecule has 2 aromatic rings. The van der Waals surface area contributed by atoms with Crippen LogP contribution in [-0.4, -0.2) is 7.05 Å². The van der Waals surface area contributed by atoms with Gasteiger partial charge >= 0.3 is 0 Å². The average Bonchev–Trinajstić information content (AvgIpc) is 2.79. The molecule has 1 nitrogen and oxygen atoms in total. The molecule has 0 atom stereocenters. The van der Waals surface area contributed by atoms with E-state index in [0.29, 0.717) is 0 Å². The van der Waals surface area contributed by atoms with Crippen molar-refractivity contribution in [1.29, 1.82) is 0 Å². The maximum atomic E-state index is 3.16. The number of thiophene rings is 1. The van der Waals surface area contributed by atoms with E-state index in [0.717, 1.165) is 16.1 Å². The van der Waals surface area contributed by atoms with Crippen molar-refractivity contribution in [2.24, 2.45) is 0 Å². The van der Waals surface area contributed by atoms with Crippen LogP contribution in [-0.2, 0) is 0 Å². The van der Waals surface area contributed by atoms with Gasteiger partial charge in [0.05, 0.1) is 4.88 Å². The van der Waals surface area contributed by atoms with Gasteiger partial charge in [-0.3, -0.25) is 0 Å². The van der Waals surface area contributed by atoms with Crippen LogP contribution in [0.5, 0.6) is 0 Å². The SMILES string of the molecule is CNc1ccccc1C#Cc1cccs1. The van der Waals surface area contributed by atoms with E-state index < -0.39 is 0 Å². The molecule has 74 valence electrons. The lowest BCUT2D eigenvalue weighted by atomic mass is 10.2. The van der Waals surface area contributed by atoms with Crippen LogP contribution < -0.4 is 5.32 Å². The van der Waals surface area contributed by atoms with Crippen molar-refractivity contribution in [3.8, 4) is 11.8 Å². The second-order valence-corrected chi connectivity index (χ2v) is 3.97. The Morgan fingerprint density at radius 3 is 2.67 bits per heavy atom. The first-order valence-corrected chi connectivity index (χ1v) is 5.60. The Hall–Kier alpha value is -1.72. The summed E-state index contributed by atoms with van der Waals surface area (Å²) in [5.41, 5.74) is 2.11. The van der Waals surface area contributed by atoms with Crippen molar-refractivity contribution in [2.45, 2.75) is 0 Å². The number of nitrogens with one attached hydrogen (secondary N) is 1. The highest BCUT2D eigenvalue weighted by Gasteiger charge is 1.94. The minimum absolute atomic E-state index is 1.04. The van der Waals surface area contributed by atoms with Gasteiger partial charge in [0.15, 0.2) is 0 Å². The summed E-state index contributed by atoms with van der Waals surface area (Å²) in [6.07, 6.45) is 0. The van der Waals surface area contributed by atoms with Gasteiger partial charge in [0.25, 0.3) is 0 Å². The summed E-state index contributed by atoms with van der Waals surface area (Å²) >= 11 is 1.66. The average molecular weight is 213 g/mol. The molecule has 15 heavy (non-hydrogen) atoms. The second-order valence-electron chi connectivity index (χ2n) is 3.02. The van der Waals surface area contributed by atoms with E-state index >= 15 is 0 Å². The van der Waals surface area contributed by atoms with E-state index in [1.807, 2.05) is 48.8 Å². The first-order valence-electron chi connectivity index (χ1n) is 4.72. The highest BCUT2D eigenvalue weighted by atomic mass is 32.1. The van der Waals surface area contributed by atoms with Crippen LogP contribution in [0.1, 0.15) is 10.4 Å². The van der Waals surface area contributed by atoms with Crippen molar-refractivity contribution in [3.63, 3.8) is 0 Å². The summed E-state index contributed by atoms with van der Waals surface area (Å²) in [7, 11) is 1.91. The van der Waals surface area contributed by atoms with Gasteiger partial charge in [-0.2, -0.15) is 0 Å². The van der Waals surface area contributed by atoms with Gasteiger partial charge in [-0.15, -0.1) is 11.3 Å². The molecule has 0 saturated heterocycles. The Morgan fingerprint density at radius 2 is 1.93 bits per heavy atom. The van der Waals surface area contributed by atoms with E-state index in [-0.39, 0.29) is 0 Å². The van der Waals surface area contributed by atoms with E-state index in [9.17, 15) is 0 Å². The molecule has 0 bridgehead atoms. The lowest BCUT2D eigenvalue weighted by molar-refractivity contribution is 1.49. The second kappa shape index (κ2) is 4.68. The van der Waals surface area contributed by atoms with Gasteiger partial charge in [-0.25, -0.2) is 0 Å². The minimum atomic E-state index is 1.04. The van der Waals surface area contributed by atoms with Gasteiger partial charge in [0, 0.05) is 18.3 Å². The highest BCUT2D eigenvalue weighted by molar-refractivity contribution is 7.10. The van der Waals surface area contributed by atoms with Crippen LogP contribution in [0.15, 0.2) is 41.8 Å². The first-order chi connectivity index (χ1) is 7.40. The molecule has 1 N–H and O–H groups in total. The third-order valence-corrected chi connectivity index (χ3v) is 2.82. The number of rotatable bonds is 1. The third-order valence-electron chi connectivity index (χ3n) is 2.04. The summed E-state index contributed by atoms with van der Waals surface area (Å²) in [6, 6.07) is 12.1. The van der Waals surface area contributed by atoms with Gasteiger partial charge in [-0.05, 0) is 23.6 Å². The van der Waals surface area contributed by atoms with Gasteiger partial charge < -0.3 is 5.32 Å². The van der Waals surface area contributed by atoms with Crippen molar-refractivity contribution < 1.29 is 0 Å². The van der Waals surface area contributed by atoms with Crippen molar-refractivity contribution in [2.75, 3.05) is 12.4 Å². The predicted octanol–water partition coefficient (Wildman–Crippen LogP) is 3.19. The zero-order valence-corrected chi connectivity index (χ0v) is 9.27. The molecule has 1 aromatic heterocycles. The van der Waals surface area contributed by atoms with E-state index in [1.54, 1.807) is 11.3 Å². The summed E-state index contributed by atoms with van der Waals surface area (Å²) in [5.74, 6) is 6.31. The quantitative estimate of drug-likeness (QED) is 0.717. The molecule has 0 spiro atoms. The molecule has 2 heteroatoms. The van der Waals surface area contributed by atoms with Gasteiger partial charge in [-0.1, -0.05) is 30.0 Å². The molecule has 0 unspecified atom stereocenters. The van der Waals surface area contributed by atoms with Crippen molar-refractivity contribution >= 4 is 17.0 Å². The highest BCUT2D eigenvalue weighted by Crippen LogP contribution is 2.13. The van der Waals surface area contributed by atoms with Crippen LogP contribution in [0.3, 0.4) is 0 Å². The Balaban J connectivity index is 2.31. The summed E-state index contributed by atoms with van der Waals surface area (Å²) < 4.78 is 0. The number of para-hydroxylation sites is 1. The summed E-state index contributed by atoms with van der Waals surface area (Å²) in [6.45, 7) is 0. The normalized spacial score (nSPS) is 9.13. The maximum Gasteiger partial charge on any atom is 0.0772 e. The van der Waals surface area contributed by atoms with Gasteiger partial charge in [0.2, 0.25) is 0 Å². The number of hydrogen-bond donors (Lipinski definition) is 1. The smallest absolute Gasteiger partial charge is 0.0772 e. The number of anilines is 1. The maximum absolute atomic E-state index is 3.16. The number of benzene rings is 1. The molecule has 0 radical (unpaired) electrons. The predicted molar refractivity (Wildman–Crippen MR) is 66.3 cm³/mol. The molecule has 1 aromatic carbocycles. The molecule has 0 aliphatic rings. The van der Waals surface area contributed by atoms with E-state index in [2.05, 4.69) is 17.2 Å². The van der Waals surface area contributed by atoms with Crippen LogP contribution in [0.4, 0.5) is 5.69 Å². The van der Waals surface area contributed by atoms with E-state index in [1.165, 1.54) is 0 Å². The Morgan fingerprint density at radius 1 is 1.07 bits per heavy atom. The lowest BCUT2D eigenvalue weighted by Crippen LogP contribution is -1.90. The molecular formula is C13H11NS. The largest absolute Gasteiger partial charge is 0.387 e. The fourth-order valence-corrected chi connectivity index (χ4v) is 1.86. The minimum Gasteiger partial charge on any atom is -0.387 e. The Bertz CT molecular complexity index is 489. The fourth-order valence-electron chi connectivity index (χ4n) is 1.29. The zero-order chi connectivity index (χ0) is 10.5. The summed E-state index contributed by atoms with van der Waals surface area (Å²) in [4.78, 5) is 1.10. The van der Waals surface area contributed by atoms with E-state index in [4.69, 9.17) is 0 Å². The molecule has 0 fully saturated rings.